The van der Waals surface area contributed by atoms with Gasteiger partial charge in [0.25, 0.3) is 0 Å². The molecule has 2 unspecified atom stereocenters. The number of β-amino-alcohol motifs (C(OH)–C–C–N with tert-alkyl or cyclic N) is 1. The van der Waals surface area contributed by atoms with Gasteiger partial charge in [0.15, 0.2) is 0 Å². The zero-order valence-corrected chi connectivity index (χ0v) is 12.0. The topological polar surface area (TPSA) is 43.8 Å². The smallest absolute Gasteiger partial charge is 0.241 e. The summed E-state index contributed by atoms with van der Waals surface area (Å²) >= 11 is 0. The van der Waals surface area contributed by atoms with Crippen LogP contribution in [0.25, 0.3) is 0 Å². The predicted octanol–water partition coefficient (Wildman–Crippen LogP) is 1.42. The van der Waals surface area contributed by atoms with E-state index in [-0.39, 0.29) is 18.1 Å². The van der Waals surface area contributed by atoms with Gasteiger partial charge in [-0.1, -0.05) is 18.2 Å². The number of aliphatic hydroxyl groups is 1. The number of carbonyl (C=O) groups excluding carboxylic acids is 1. The molecule has 0 saturated carbocycles. The van der Waals surface area contributed by atoms with Crippen LogP contribution >= 0.6 is 0 Å². The molecule has 4 heteroatoms. The molecule has 2 atom stereocenters. The van der Waals surface area contributed by atoms with Gasteiger partial charge in [-0.3, -0.25) is 9.69 Å². The van der Waals surface area contributed by atoms with Gasteiger partial charge in [-0.25, -0.2) is 0 Å². The van der Waals surface area contributed by atoms with E-state index in [1.165, 1.54) is 5.56 Å². The highest BCUT2D eigenvalue weighted by molar-refractivity contribution is 5.97. The second-order valence-electron chi connectivity index (χ2n) is 5.98. The van der Waals surface area contributed by atoms with Gasteiger partial charge in [0, 0.05) is 18.3 Å². The van der Waals surface area contributed by atoms with Crippen molar-refractivity contribution >= 4 is 11.6 Å². The Bertz CT molecular complexity index is 503. The molecule has 1 N–H and O–H groups in total. The van der Waals surface area contributed by atoms with Crippen molar-refractivity contribution in [3.63, 3.8) is 0 Å². The van der Waals surface area contributed by atoms with Crippen LogP contribution in [0.2, 0.25) is 0 Å². The monoisotopic (exact) mass is 274 g/mol. The number of fused-ring (bicyclic) bond motifs is 1. The molecule has 3 rings (SSSR count). The number of likely N-dealkylation sites (tertiary alicyclic amines) is 1. The molecule has 4 nitrogen and oxygen atoms in total. The second kappa shape index (κ2) is 5.54. The molecule has 20 heavy (non-hydrogen) atoms. The summed E-state index contributed by atoms with van der Waals surface area (Å²) in [4.78, 5) is 16.6. The fraction of sp³-hybridized carbons (Fsp3) is 0.562. The highest BCUT2D eigenvalue weighted by Gasteiger charge is 2.31. The number of hydrogen-bond acceptors (Lipinski definition) is 3. The maximum atomic E-state index is 12.6. The summed E-state index contributed by atoms with van der Waals surface area (Å²) in [5.41, 5.74) is 2.31. The fourth-order valence-electron chi connectivity index (χ4n) is 3.39. The molecule has 108 valence electrons. The summed E-state index contributed by atoms with van der Waals surface area (Å²) in [6.45, 7) is 4.04. The molecule has 0 bridgehead atoms. The Kier molecular flexibility index (Phi) is 3.76. The van der Waals surface area contributed by atoms with E-state index in [0.717, 1.165) is 31.5 Å². The van der Waals surface area contributed by atoms with E-state index in [1.807, 2.05) is 23.1 Å². The zero-order valence-electron chi connectivity index (χ0n) is 12.0. The van der Waals surface area contributed by atoms with Crippen molar-refractivity contribution in [2.45, 2.75) is 38.3 Å². The molecule has 1 saturated heterocycles. The molecule has 1 aromatic rings. The van der Waals surface area contributed by atoms with Gasteiger partial charge in [-0.05, 0) is 44.4 Å². The minimum Gasteiger partial charge on any atom is -0.392 e. The largest absolute Gasteiger partial charge is 0.392 e. The van der Waals surface area contributed by atoms with E-state index in [1.54, 1.807) is 0 Å². The highest BCUT2D eigenvalue weighted by atomic mass is 16.3. The number of anilines is 1. The van der Waals surface area contributed by atoms with Crippen molar-refractivity contribution in [3.05, 3.63) is 29.8 Å². The summed E-state index contributed by atoms with van der Waals surface area (Å²) in [6, 6.07) is 8.38. The van der Waals surface area contributed by atoms with E-state index < -0.39 is 0 Å². The fourth-order valence-corrected chi connectivity index (χ4v) is 3.39. The zero-order chi connectivity index (χ0) is 14.1. The SMILES string of the molecule is CC1Cc2ccccc2N1C(=O)CN1CCCC(O)C1. The number of rotatable bonds is 2. The lowest BCUT2D eigenvalue weighted by atomic mass is 10.1. The number of aliphatic hydroxyl groups excluding tert-OH is 1. The average Bonchev–Trinajstić information content (AvgIpc) is 2.74. The molecule has 2 heterocycles. The average molecular weight is 274 g/mol. The normalized spacial score (nSPS) is 26.6. The Morgan fingerprint density at radius 1 is 1.40 bits per heavy atom. The molecule has 0 spiro atoms. The molecule has 0 aromatic heterocycles. The van der Waals surface area contributed by atoms with Crippen LogP contribution in [0, 0.1) is 0 Å². The first kappa shape index (κ1) is 13.6. The lowest BCUT2D eigenvalue weighted by Crippen LogP contribution is -2.47. The third-order valence-corrected chi connectivity index (χ3v) is 4.32. The molecule has 2 aliphatic rings. The van der Waals surface area contributed by atoms with Gasteiger partial charge < -0.3 is 10.0 Å². The molecule has 0 radical (unpaired) electrons. The lowest BCUT2D eigenvalue weighted by Gasteiger charge is -2.32. The standard InChI is InChI=1S/C16H22N2O2/c1-12-9-13-5-2-3-7-15(13)18(12)16(20)11-17-8-4-6-14(19)10-17/h2-3,5,7,12,14,19H,4,6,8-11H2,1H3. The minimum atomic E-state index is -0.278. The Morgan fingerprint density at radius 3 is 3.00 bits per heavy atom. The Balaban J connectivity index is 1.71. The predicted molar refractivity (Wildman–Crippen MR) is 78.8 cm³/mol. The van der Waals surface area contributed by atoms with E-state index in [2.05, 4.69) is 17.9 Å². The summed E-state index contributed by atoms with van der Waals surface area (Å²) in [6.07, 6.45) is 2.48. The number of amides is 1. The second-order valence-corrected chi connectivity index (χ2v) is 5.98. The van der Waals surface area contributed by atoms with Crippen LogP contribution in [0.5, 0.6) is 0 Å². The third kappa shape index (κ3) is 2.58. The number of para-hydroxylation sites is 1. The Labute approximate surface area is 120 Å². The maximum absolute atomic E-state index is 12.6. The van der Waals surface area contributed by atoms with Crippen LogP contribution in [-0.4, -0.2) is 47.7 Å². The van der Waals surface area contributed by atoms with Crippen LogP contribution in [0.1, 0.15) is 25.3 Å². The highest BCUT2D eigenvalue weighted by Crippen LogP contribution is 2.31. The van der Waals surface area contributed by atoms with Crippen molar-refractivity contribution in [2.24, 2.45) is 0 Å². The van der Waals surface area contributed by atoms with Crippen molar-refractivity contribution < 1.29 is 9.90 Å². The number of hydrogen-bond donors (Lipinski definition) is 1. The molecule has 1 aromatic carbocycles. The van der Waals surface area contributed by atoms with E-state index in [0.29, 0.717) is 13.1 Å². The summed E-state index contributed by atoms with van der Waals surface area (Å²) in [5.74, 6) is 0.150. The van der Waals surface area contributed by atoms with Gasteiger partial charge in [0.2, 0.25) is 5.91 Å². The van der Waals surface area contributed by atoms with Crippen LogP contribution in [-0.2, 0) is 11.2 Å². The van der Waals surface area contributed by atoms with E-state index in [9.17, 15) is 9.90 Å². The van der Waals surface area contributed by atoms with Crippen LogP contribution < -0.4 is 4.90 Å². The first-order valence-corrected chi connectivity index (χ1v) is 7.45. The molecular weight excluding hydrogens is 252 g/mol. The molecule has 0 aliphatic carbocycles. The van der Waals surface area contributed by atoms with Crippen molar-refractivity contribution in [1.82, 2.24) is 4.90 Å². The van der Waals surface area contributed by atoms with Crippen LogP contribution in [0.4, 0.5) is 5.69 Å². The molecule has 1 amide bonds. The lowest BCUT2D eigenvalue weighted by molar-refractivity contribution is -0.120. The quantitative estimate of drug-likeness (QED) is 0.887. The Hall–Kier alpha value is -1.39. The van der Waals surface area contributed by atoms with Gasteiger partial charge in [-0.15, -0.1) is 0 Å². The summed E-state index contributed by atoms with van der Waals surface area (Å²) in [7, 11) is 0. The van der Waals surface area contributed by atoms with E-state index in [4.69, 9.17) is 0 Å². The van der Waals surface area contributed by atoms with Crippen molar-refractivity contribution in [1.29, 1.82) is 0 Å². The van der Waals surface area contributed by atoms with E-state index >= 15 is 0 Å². The first-order chi connectivity index (χ1) is 9.65. The number of piperidine rings is 1. The summed E-state index contributed by atoms with van der Waals surface area (Å²) < 4.78 is 0. The summed E-state index contributed by atoms with van der Waals surface area (Å²) in [5, 5.41) is 9.70. The number of benzene rings is 1. The minimum absolute atomic E-state index is 0.150. The molecule has 1 fully saturated rings. The number of carbonyl (C=O) groups is 1. The third-order valence-electron chi connectivity index (χ3n) is 4.32. The van der Waals surface area contributed by atoms with Crippen molar-refractivity contribution in [3.8, 4) is 0 Å². The van der Waals surface area contributed by atoms with Gasteiger partial charge in [-0.2, -0.15) is 0 Å². The van der Waals surface area contributed by atoms with Crippen LogP contribution in [0.15, 0.2) is 24.3 Å². The Morgan fingerprint density at radius 2 is 2.20 bits per heavy atom. The molecular formula is C16H22N2O2. The van der Waals surface area contributed by atoms with Gasteiger partial charge >= 0.3 is 0 Å². The molecule has 2 aliphatic heterocycles. The number of nitrogens with zero attached hydrogens (tertiary/aromatic N) is 2. The first-order valence-electron chi connectivity index (χ1n) is 7.45. The van der Waals surface area contributed by atoms with Crippen LogP contribution in [0.3, 0.4) is 0 Å². The van der Waals surface area contributed by atoms with Gasteiger partial charge in [0.1, 0.15) is 0 Å². The van der Waals surface area contributed by atoms with Gasteiger partial charge in [0.05, 0.1) is 12.6 Å². The van der Waals surface area contributed by atoms with Crippen molar-refractivity contribution in [2.75, 3.05) is 24.5 Å². The maximum Gasteiger partial charge on any atom is 0.241 e.